The van der Waals surface area contributed by atoms with E-state index in [1.807, 2.05) is 24.3 Å². The summed E-state index contributed by atoms with van der Waals surface area (Å²) in [6.45, 7) is 1.02. The molecule has 0 spiro atoms. The highest BCUT2D eigenvalue weighted by Crippen LogP contribution is 2.24. The summed E-state index contributed by atoms with van der Waals surface area (Å²) in [5.74, 6) is 0. The minimum absolute atomic E-state index is 0.216. The first-order chi connectivity index (χ1) is 7.27. The van der Waals surface area contributed by atoms with Gasteiger partial charge in [0.1, 0.15) is 0 Å². The minimum Gasteiger partial charge on any atom is -0.387 e. The maximum Gasteiger partial charge on any atom is 0.0943 e. The monoisotopic (exact) mass is 269 g/mol. The van der Waals surface area contributed by atoms with E-state index < -0.39 is 0 Å². The smallest absolute Gasteiger partial charge is 0.0943 e. The second-order valence-corrected chi connectivity index (χ2v) is 4.97. The van der Waals surface area contributed by atoms with E-state index in [0.717, 1.165) is 23.0 Å². The van der Waals surface area contributed by atoms with E-state index in [2.05, 4.69) is 21.2 Å². The van der Waals surface area contributed by atoms with Gasteiger partial charge in [-0.25, -0.2) is 0 Å². The second-order valence-electron chi connectivity index (χ2n) is 4.06. The second kappa shape index (κ2) is 5.10. The fraction of sp³-hybridized carbons (Fsp3) is 0.500. The molecule has 3 heteroatoms. The van der Waals surface area contributed by atoms with Gasteiger partial charge in [-0.3, -0.25) is 0 Å². The zero-order valence-electron chi connectivity index (χ0n) is 8.62. The van der Waals surface area contributed by atoms with Gasteiger partial charge in [0.05, 0.1) is 6.10 Å². The highest BCUT2D eigenvalue weighted by Gasteiger charge is 2.22. The van der Waals surface area contributed by atoms with Crippen LogP contribution in [0.15, 0.2) is 28.7 Å². The average Bonchev–Trinajstić information content (AvgIpc) is 2.29. The van der Waals surface area contributed by atoms with Gasteiger partial charge < -0.3 is 10.4 Å². The van der Waals surface area contributed by atoms with Crippen LogP contribution in [-0.4, -0.2) is 17.7 Å². The topological polar surface area (TPSA) is 32.3 Å². The summed E-state index contributed by atoms with van der Waals surface area (Å²) >= 11 is 3.42. The summed E-state index contributed by atoms with van der Waals surface area (Å²) in [6.07, 6.45) is 3.11. The summed E-state index contributed by atoms with van der Waals surface area (Å²) in [7, 11) is 0. The number of halogens is 1. The number of aliphatic hydroxyl groups excluding tert-OH is 1. The van der Waals surface area contributed by atoms with Crippen LogP contribution in [0.2, 0.25) is 0 Å². The fourth-order valence-corrected chi connectivity index (χ4v) is 2.49. The van der Waals surface area contributed by atoms with Crippen LogP contribution in [0.1, 0.15) is 30.9 Å². The summed E-state index contributed by atoms with van der Waals surface area (Å²) in [6, 6.07) is 8.12. The Kier molecular flexibility index (Phi) is 3.78. The first kappa shape index (κ1) is 11.1. The van der Waals surface area contributed by atoms with Gasteiger partial charge in [0.2, 0.25) is 0 Å². The van der Waals surface area contributed by atoms with Gasteiger partial charge in [-0.05, 0) is 37.1 Å². The quantitative estimate of drug-likeness (QED) is 0.865. The van der Waals surface area contributed by atoms with Crippen molar-refractivity contribution in [2.24, 2.45) is 0 Å². The Labute approximate surface area is 98.8 Å². The van der Waals surface area contributed by atoms with Crippen molar-refractivity contribution >= 4 is 15.9 Å². The van der Waals surface area contributed by atoms with Gasteiger partial charge in [-0.15, -0.1) is 0 Å². The number of benzene rings is 1. The van der Waals surface area contributed by atoms with Crippen LogP contribution in [0.5, 0.6) is 0 Å². The Hall–Kier alpha value is -0.380. The molecule has 2 N–H and O–H groups in total. The molecule has 1 aliphatic rings. The maximum atomic E-state index is 10.2. The molecule has 15 heavy (non-hydrogen) atoms. The van der Waals surface area contributed by atoms with E-state index in [4.69, 9.17) is 0 Å². The molecule has 2 nitrogen and oxygen atoms in total. The van der Waals surface area contributed by atoms with Gasteiger partial charge >= 0.3 is 0 Å². The van der Waals surface area contributed by atoms with Gasteiger partial charge in [0, 0.05) is 10.5 Å². The fourth-order valence-electron chi connectivity index (χ4n) is 2.07. The van der Waals surface area contributed by atoms with Gasteiger partial charge in [-0.1, -0.05) is 34.5 Å². The van der Waals surface area contributed by atoms with E-state index in [9.17, 15) is 5.11 Å². The number of hydrogen-bond donors (Lipinski definition) is 2. The summed E-state index contributed by atoms with van der Waals surface area (Å²) < 4.78 is 1.02. The zero-order valence-corrected chi connectivity index (χ0v) is 10.2. The Balaban J connectivity index is 2.08. The molecule has 0 bridgehead atoms. The average molecular weight is 270 g/mol. The summed E-state index contributed by atoms with van der Waals surface area (Å²) in [4.78, 5) is 0. The van der Waals surface area contributed by atoms with Crippen LogP contribution < -0.4 is 5.32 Å². The highest BCUT2D eigenvalue weighted by atomic mass is 79.9. The van der Waals surface area contributed by atoms with Gasteiger partial charge in [0.25, 0.3) is 0 Å². The van der Waals surface area contributed by atoms with Crippen LogP contribution in [0, 0.1) is 0 Å². The van der Waals surface area contributed by atoms with Crippen LogP contribution >= 0.6 is 15.9 Å². The lowest BCUT2D eigenvalue weighted by Crippen LogP contribution is -2.38. The molecule has 0 aromatic heterocycles. The van der Waals surface area contributed by atoms with Crippen molar-refractivity contribution in [3.63, 3.8) is 0 Å². The molecule has 0 aliphatic carbocycles. The Morgan fingerprint density at radius 3 is 2.93 bits per heavy atom. The molecular weight excluding hydrogens is 254 g/mol. The SMILES string of the molecule is O[C@@H](c1cccc(Br)c1)[C@@H]1CCCCN1. The number of aliphatic hydroxyl groups is 1. The third kappa shape index (κ3) is 2.80. The van der Waals surface area contributed by atoms with Crippen molar-refractivity contribution in [2.45, 2.75) is 31.4 Å². The first-order valence-electron chi connectivity index (χ1n) is 5.44. The van der Waals surface area contributed by atoms with Crippen LogP contribution in [0.25, 0.3) is 0 Å². The predicted molar refractivity (Wildman–Crippen MR) is 64.7 cm³/mol. The lowest BCUT2D eigenvalue weighted by atomic mass is 9.95. The van der Waals surface area contributed by atoms with Gasteiger partial charge in [-0.2, -0.15) is 0 Å². The summed E-state index contributed by atoms with van der Waals surface area (Å²) in [5.41, 5.74) is 0.990. The lowest BCUT2D eigenvalue weighted by molar-refractivity contribution is 0.114. The molecule has 2 atom stereocenters. The van der Waals surface area contributed by atoms with Crippen LogP contribution in [0.3, 0.4) is 0 Å². The van der Waals surface area contributed by atoms with Crippen molar-refractivity contribution in [1.82, 2.24) is 5.32 Å². The first-order valence-corrected chi connectivity index (χ1v) is 6.23. The normalized spacial score (nSPS) is 23.7. The number of piperidine rings is 1. The molecule has 2 rings (SSSR count). The van der Waals surface area contributed by atoms with Crippen LogP contribution in [0.4, 0.5) is 0 Å². The summed E-state index contributed by atoms with van der Waals surface area (Å²) in [5, 5.41) is 13.6. The van der Waals surface area contributed by atoms with E-state index in [1.54, 1.807) is 0 Å². The third-order valence-electron chi connectivity index (χ3n) is 2.92. The molecule has 1 saturated heterocycles. The molecule has 1 fully saturated rings. The number of rotatable bonds is 2. The van der Waals surface area contributed by atoms with E-state index in [1.165, 1.54) is 12.8 Å². The van der Waals surface area contributed by atoms with E-state index >= 15 is 0 Å². The van der Waals surface area contributed by atoms with Crippen LogP contribution in [-0.2, 0) is 0 Å². The molecule has 0 saturated carbocycles. The zero-order chi connectivity index (χ0) is 10.7. The van der Waals surface area contributed by atoms with Crippen molar-refractivity contribution < 1.29 is 5.11 Å². The van der Waals surface area contributed by atoms with Crippen molar-refractivity contribution in [1.29, 1.82) is 0 Å². The Bertz CT molecular complexity index is 323. The molecule has 0 radical (unpaired) electrons. The van der Waals surface area contributed by atoms with E-state index in [0.29, 0.717) is 0 Å². The molecule has 82 valence electrons. The predicted octanol–water partition coefficient (Wildman–Crippen LogP) is 2.62. The van der Waals surface area contributed by atoms with E-state index in [-0.39, 0.29) is 12.1 Å². The maximum absolute atomic E-state index is 10.2. The molecule has 1 heterocycles. The van der Waals surface area contributed by atoms with Crippen molar-refractivity contribution in [3.05, 3.63) is 34.3 Å². The third-order valence-corrected chi connectivity index (χ3v) is 3.41. The number of hydrogen-bond acceptors (Lipinski definition) is 2. The molecule has 1 aromatic carbocycles. The minimum atomic E-state index is -0.386. The molecule has 0 amide bonds. The molecule has 1 aliphatic heterocycles. The molecule has 0 unspecified atom stereocenters. The lowest BCUT2D eigenvalue weighted by Gasteiger charge is -2.28. The molecular formula is C12H16BrNO. The standard InChI is InChI=1S/C12H16BrNO/c13-10-5-3-4-9(8-10)12(15)11-6-1-2-7-14-11/h3-5,8,11-12,14-15H,1-2,6-7H2/t11-,12-/m0/s1. The Morgan fingerprint density at radius 2 is 2.27 bits per heavy atom. The number of nitrogens with one attached hydrogen (secondary N) is 1. The molecule has 1 aromatic rings. The van der Waals surface area contributed by atoms with Gasteiger partial charge in [0.15, 0.2) is 0 Å². The van der Waals surface area contributed by atoms with Crippen molar-refractivity contribution in [3.8, 4) is 0 Å². The van der Waals surface area contributed by atoms with Crippen molar-refractivity contribution in [2.75, 3.05) is 6.54 Å². The highest BCUT2D eigenvalue weighted by molar-refractivity contribution is 9.10. The Morgan fingerprint density at radius 1 is 1.40 bits per heavy atom. The largest absolute Gasteiger partial charge is 0.387 e.